The lowest BCUT2D eigenvalue weighted by atomic mass is 10.2. The number of sulfone groups is 1. The molecule has 16 heavy (non-hydrogen) atoms. The zero-order chi connectivity index (χ0) is 12.0. The third-order valence-electron chi connectivity index (χ3n) is 2.52. The van der Waals surface area contributed by atoms with Gasteiger partial charge in [-0.15, -0.1) is 0 Å². The Morgan fingerprint density at radius 2 is 1.88 bits per heavy atom. The van der Waals surface area contributed by atoms with E-state index in [1.807, 2.05) is 6.92 Å². The van der Waals surface area contributed by atoms with Gasteiger partial charge in [0.15, 0.2) is 9.84 Å². The molecule has 3 nitrogen and oxygen atoms in total. The van der Waals surface area contributed by atoms with Gasteiger partial charge in [-0.3, -0.25) is 0 Å². The summed E-state index contributed by atoms with van der Waals surface area (Å²) in [4.78, 5) is 0.362. The maximum absolute atomic E-state index is 11.8. The fourth-order valence-corrected chi connectivity index (χ4v) is 2.81. The molecule has 1 unspecified atom stereocenters. The molecule has 0 aliphatic heterocycles. The van der Waals surface area contributed by atoms with E-state index in [0.717, 1.165) is 0 Å². The van der Waals surface area contributed by atoms with Crippen molar-refractivity contribution in [2.24, 2.45) is 0 Å². The molecule has 0 fully saturated rings. The van der Waals surface area contributed by atoms with Crippen molar-refractivity contribution < 1.29 is 13.5 Å². The third-order valence-corrected chi connectivity index (χ3v) is 4.34. The van der Waals surface area contributed by atoms with Crippen LogP contribution in [0.5, 0.6) is 0 Å². The van der Waals surface area contributed by atoms with Crippen LogP contribution in [-0.4, -0.2) is 25.4 Å². The zero-order valence-electron chi connectivity index (χ0n) is 9.46. The number of rotatable bonds is 6. The fourth-order valence-electron chi connectivity index (χ4n) is 1.46. The molecule has 0 aromatic heterocycles. The Labute approximate surface area is 97.0 Å². The topological polar surface area (TPSA) is 54.4 Å². The van der Waals surface area contributed by atoms with Gasteiger partial charge in [-0.25, -0.2) is 8.42 Å². The second-order valence-electron chi connectivity index (χ2n) is 3.84. The Balaban J connectivity index is 2.54. The maximum Gasteiger partial charge on any atom is 0.178 e. The van der Waals surface area contributed by atoms with Gasteiger partial charge < -0.3 is 5.11 Å². The summed E-state index contributed by atoms with van der Waals surface area (Å²) in [5.74, 6) is 0.105. The van der Waals surface area contributed by atoms with Crippen molar-refractivity contribution in [3.05, 3.63) is 30.3 Å². The minimum Gasteiger partial charge on any atom is -0.393 e. The van der Waals surface area contributed by atoms with Gasteiger partial charge in [0.1, 0.15) is 0 Å². The summed E-state index contributed by atoms with van der Waals surface area (Å²) in [5, 5.41) is 9.33. The Morgan fingerprint density at radius 3 is 2.44 bits per heavy atom. The highest BCUT2D eigenvalue weighted by Gasteiger charge is 2.13. The molecular formula is C12H18O3S. The molecule has 4 heteroatoms. The van der Waals surface area contributed by atoms with E-state index in [1.54, 1.807) is 30.3 Å². The summed E-state index contributed by atoms with van der Waals surface area (Å²) in [6.07, 6.45) is 1.34. The fraction of sp³-hybridized carbons (Fsp3) is 0.500. The minimum atomic E-state index is -3.18. The summed E-state index contributed by atoms with van der Waals surface area (Å²) >= 11 is 0. The van der Waals surface area contributed by atoms with E-state index in [1.165, 1.54) is 0 Å². The lowest BCUT2D eigenvalue weighted by Crippen LogP contribution is -2.11. The van der Waals surface area contributed by atoms with E-state index < -0.39 is 9.84 Å². The zero-order valence-corrected chi connectivity index (χ0v) is 10.3. The molecule has 0 aliphatic rings. The molecule has 1 rings (SSSR count). The van der Waals surface area contributed by atoms with Crippen LogP contribution in [0.25, 0.3) is 0 Å². The quantitative estimate of drug-likeness (QED) is 0.830. The molecule has 0 radical (unpaired) electrons. The van der Waals surface area contributed by atoms with E-state index in [-0.39, 0.29) is 11.9 Å². The number of aliphatic hydroxyl groups is 1. The van der Waals surface area contributed by atoms with Gasteiger partial charge in [0.05, 0.1) is 16.8 Å². The third kappa shape index (κ3) is 3.94. The standard InChI is InChI=1S/C12H18O3S/c1-2-11(13)7-6-10-16(14,15)12-8-4-3-5-9-12/h3-5,8-9,11,13H,2,6-7,10H2,1H3. The van der Waals surface area contributed by atoms with Crippen LogP contribution in [0.2, 0.25) is 0 Å². The van der Waals surface area contributed by atoms with Crippen molar-refractivity contribution in [1.82, 2.24) is 0 Å². The first kappa shape index (κ1) is 13.2. The largest absolute Gasteiger partial charge is 0.393 e. The smallest absolute Gasteiger partial charge is 0.178 e. The molecule has 0 saturated heterocycles. The van der Waals surface area contributed by atoms with E-state index in [2.05, 4.69) is 0 Å². The SMILES string of the molecule is CCC(O)CCCS(=O)(=O)c1ccccc1. The molecule has 0 spiro atoms. The number of aliphatic hydroxyl groups excluding tert-OH is 1. The molecule has 0 heterocycles. The summed E-state index contributed by atoms with van der Waals surface area (Å²) in [5.41, 5.74) is 0. The van der Waals surface area contributed by atoms with E-state index in [4.69, 9.17) is 0 Å². The highest BCUT2D eigenvalue weighted by molar-refractivity contribution is 7.91. The van der Waals surface area contributed by atoms with Gasteiger partial charge in [0, 0.05) is 0 Å². The van der Waals surface area contributed by atoms with Crippen molar-refractivity contribution >= 4 is 9.84 Å². The van der Waals surface area contributed by atoms with Gasteiger partial charge in [0.25, 0.3) is 0 Å². The van der Waals surface area contributed by atoms with E-state index >= 15 is 0 Å². The van der Waals surface area contributed by atoms with Crippen LogP contribution in [-0.2, 0) is 9.84 Å². The summed E-state index contributed by atoms with van der Waals surface area (Å²) < 4.78 is 23.6. The minimum absolute atomic E-state index is 0.105. The van der Waals surface area contributed by atoms with Crippen LogP contribution in [0, 0.1) is 0 Å². The first-order valence-corrected chi connectivity index (χ1v) is 7.17. The molecule has 90 valence electrons. The van der Waals surface area contributed by atoms with Crippen molar-refractivity contribution in [1.29, 1.82) is 0 Å². The first-order chi connectivity index (χ1) is 7.56. The second-order valence-corrected chi connectivity index (χ2v) is 5.95. The molecule has 0 aliphatic carbocycles. The van der Waals surface area contributed by atoms with Crippen molar-refractivity contribution in [3.63, 3.8) is 0 Å². The van der Waals surface area contributed by atoms with E-state index in [9.17, 15) is 13.5 Å². The maximum atomic E-state index is 11.8. The number of hydrogen-bond donors (Lipinski definition) is 1. The van der Waals surface area contributed by atoms with Crippen LogP contribution < -0.4 is 0 Å². The Hall–Kier alpha value is -0.870. The van der Waals surface area contributed by atoms with Crippen molar-refractivity contribution in [3.8, 4) is 0 Å². The van der Waals surface area contributed by atoms with Crippen molar-refractivity contribution in [2.75, 3.05) is 5.75 Å². The predicted octanol–water partition coefficient (Wildman–Crippen LogP) is 2.01. The average molecular weight is 242 g/mol. The molecule has 1 N–H and O–H groups in total. The molecule has 0 bridgehead atoms. The number of benzene rings is 1. The first-order valence-electron chi connectivity index (χ1n) is 5.52. The molecule has 1 atom stereocenters. The molecule has 1 aromatic carbocycles. The Bertz CT molecular complexity index is 398. The predicted molar refractivity (Wildman–Crippen MR) is 64.0 cm³/mol. The van der Waals surface area contributed by atoms with Crippen LogP contribution in [0.15, 0.2) is 35.2 Å². The molecule has 0 amide bonds. The Kier molecular flexibility index (Phi) is 4.96. The van der Waals surface area contributed by atoms with Gasteiger partial charge in [-0.05, 0) is 31.4 Å². The van der Waals surface area contributed by atoms with Crippen molar-refractivity contribution in [2.45, 2.75) is 37.2 Å². The van der Waals surface area contributed by atoms with Crippen LogP contribution in [0.1, 0.15) is 26.2 Å². The van der Waals surface area contributed by atoms with Gasteiger partial charge in [-0.1, -0.05) is 25.1 Å². The normalized spacial score (nSPS) is 13.6. The number of hydrogen-bond acceptors (Lipinski definition) is 3. The van der Waals surface area contributed by atoms with Gasteiger partial charge in [-0.2, -0.15) is 0 Å². The highest BCUT2D eigenvalue weighted by Crippen LogP contribution is 2.13. The van der Waals surface area contributed by atoms with Crippen LogP contribution in [0.3, 0.4) is 0 Å². The lowest BCUT2D eigenvalue weighted by molar-refractivity contribution is 0.159. The lowest BCUT2D eigenvalue weighted by Gasteiger charge is -2.07. The molecule has 1 aromatic rings. The summed E-state index contributed by atoms with van der Waals surface area (Å²) in [6.45, 7) is 1.89. The summed E-state index contributed by atoms with van der Waals surface area (Å²) in [7, 11) is -3.18. The van der Waals surface area contributed by atoms with E-state index in [0.29, 0.717) is 24.2 Å². The van der Waals surface area contributed by atoms with Gasteiger partial charge >= 0.3 is 0 Å². The average Bonchev–Trinajstić information content (AvgIpc) is 2.30. The monoisotopic (exact) mass is 242 g/mol. The highest BCUT2D eigenvalue weighted by atomic mass is 32.2. The van der Waals surface area contributed by atoms with Gasteiger partial charge in [0.2, 0.25) is 0 Å². The van der Waals surface area contributed by atoms with Crippen LogP contribution >= 0.6 is 0 Å². The second kappa shape index (κ2) is 6.01. The molecule has 0 saturated carbocycles. The summed E-state index contributed by atoms with van der Waals surface area (Å²) in [6, 6.07) is 8.43. The molecular weight excluding hydrogens is 224 g/mol. The van der Waals surface area contributed by atoms with Crippen LogP contribution in [0.4, 0.5) is 0 Å². The Morgan fingerprint density at radius 1 is 1.25 bits per heavy atom.